The predicted molar refractivity (Wildman–Crippen MR) is 212 cm³/mol. The molecule has 55 heavy (non-hydrogen) atoms. The number of methoxy groups -OCH3 is 1. The Morgan fingerprint density at radius 2 is 1.49 bits per heavy atom. The number of alkyl carbamates (subject to hydrolysis) is 1. The first-order chi connectivity index (χ1) is 26.5. The Morgan fingerprint density at radius 1 is 0.818 bits per heavy atom. The predicted octanol–water partition coefficient (Wildman–Crippen LogP) is 7.89. The SMILES string of the molecule is COC(=O)N[C@H](C(=O)N1CCCCCCOCc2[nH]c(nc2-c2ccc(-c3ccc(-c4c[nH]c([C@@H]5CCCN5C(=O)[C@@H](C)C(C)C)n4)cc3)cc2)C1)C(C)C. The number of hydrogen-bond acceptors (Lipinski definition) is 7. The number of imidazole rings is 2. The molecule has 294 valence electrons. The number of nitrogens with one attached hydrogen (secondary N) is 3. The average molecular weight is 752 g/mol. The first-order valence-electron chi connectivity index (χ1n) is 19.9. The number of aromatic nitrogens is 4. The summed E-state index contributed by atoms with van der Waals surface area (Å²) in [5, 5.41) is 2.73. The van der Waals surface area contributed by atoms with Crippen LogP contribution in [0.1, 0.15) is 96.5 Å². The van der Waals surface area contributed by atoms with Gasteiger partial charge in [0, 0.05) is 42.9 Å². The van der Waals surface area contributed by atoms with Gasteiger partial charge in [-0.3, -0.25) is 9.59 Å². The van der Waals surface area contributed by atoms with Gasteiger partial charge in [-0.05, 0) is 48.6 Å². The Balaban J connectivity index is 1.17. The van der Waals surface area contributed by atoms with Crippen LogP contribution in [0.4, 0.5) is 4.79 Å². The van der Waals surface area contributed by atoms with Gasteiger partial charge in [0.15, 0.2) is 0 Å². The molecule has 2 aromatic carbocycles. The van der Waals surface area contributed by atoms with Gasteiger partial charge < -0.3 is 34.6 Å². The summed E-state index contributed by atoms with van der Waals surface area (Å²) in [5.74, 6) is 1.73. The molecule has 12 nitrogen and oxygen atoms in total. The van der Waals surface area contributed by atoms with Crippen molar-refractivity contribution in [2.24, 2.45) is 17.8 Å². The molecular formula is C43H57N7O5. The van der Waals surface area contributed by atoms with Crippen molar-refractivity contribution in [1.29, 1.82) is 0 Å². The van der Waals surface area contributed by atoms with Crippen LogP contribution < -0.4 is 5.32 Å². The summed E-state index contributed by atoms with van der Waals surface area (Å²) in [6, 6.07) is 16.0. The van der Waals surface area contributed by atoms with Crippen LogP contribution in [-0.4, -0.2) is 80.5 Å². The number of aromatic amines is 2. The highest BCUT2D eigenvalue weighted by atomic mass is 16.5. The van der Waals surface area contributed by atoms with Crippen molar-refractivity contribution in [2.75, 3.05) is 26.8 Å². The van der Waals surface area contributed by atoms with E-state index in [0.717, 1.165) is 90.2 Å². The van der Waals surface area contributed by atoms with Crippen LogP contribution in [0.2, 0.25) is 0 Å². The Hall–Kier alpha value is -4.97. The summed E-state index contributed by atoms with van der Waals surface area (Å²) in [4.78, 5) is 59.7. The van der Waals surface area contributed by atoms with Crippen LogP contribution in [0.25, 0.3) is 33.6 Å². The topological polar surface area (TPSA) is 146 Å². The van der Waals surface area contributed by atoms with E-state index in [1.54, 1.807) is 4.90 Å². The number of hydrogen-bond donors (Lipinski definition) is 3. The zero-order valence-corrected chi connectivity index (χ0v) is 33.2. The van der Waals surface area contributed by atoms with E-state index < -0.39 is 12.1 Å². The average Bonchev–Trinajstić information content (AvgIpc) is 3.97. The Labute approximate surface area is 324 Å². The summed E-state index contributed by atoms with van der Waals surface area (Å²) in [6.07, 6.45) is 7.00. The largest absolute Gasteiger partial charge is 0.453 e. The maximum Gasteiger partial charge on any atom is 0.407 e. The molecule has 2 aliphatic heterocycles. The second-order valence-electron chi connectivity index (χ2n) is 15.6. The number of ether oxygens (including phenoxy) is 2. The first-order valence-corrected chi connectivity index (χ1v) is 19.9. The highest BCUT2D eigenvalue weighted by Crippen LogP contribution is 2.34. The second kappa shape index (κ2) is 18.1. The number of H-pyrrole nitrogens is 2. The van der Waals surface area contributed by atoms with Gasteiger partial charge in [0.05, 0.1) is 43.4 Å². The van der Waals surface area contributed by atoms with Gasteiger partial charge in [-0.2, -0.15) is 0 Å². The fourth-order valence-electron chi connectivity index (χ4n) is 7.43. The fourth-order valence-corrected chi connectivity index (χ4v) is 7.43. The van der Waals surface area contributed by atoms with Crippen molar-refractivity contribution < 1.29 is 23.9 Å². The second-order valence-corrected chi connectivity index (χ2v) is 15.6. The van der Waals surface area contributed by atoms with Crippen LogP contribution in [-0.2, 0) is 32.2 Å². The van der Waals surface area contributed by atoms with Crippen molar-refractivity contribution >= 4 is 17.9 Å². The standard InChI is InChI=1S/C43H57N7O5/c1-27(2)29(5)41(51)50-22-11-12-36(50)40-44-24-34(46-40)32-17-13-30(14-18-32)31-15-19-33(20-16-31)39-35-26-55-23-10-8-7-9-21-49(25-37(45-35)47-39)42(52)38(28(3)4)48-43(53)54-6/h13-20,24,27-29,36,38H,7-12,21-23,25-26H2,1-6H3,(H,44,46)(H,45,47)(H,48,53)/t29-,36-,38-/m0/s1. The molecule has 1 saturated heterocycles. The van der Waals surface area contributed by atoms with Crippen molar-refractivity contribution in [1.82, 2.24) is 35.1 Å². The Bertz CT molecular complexity index is 1900. The molecule has 1 fully saturated rings. The van der Waals surface area contributed by atoms with E-state index >= 15 is 0 Å². The molecule has 3 amide bonds. The minimum Gasteiger partial charge on any atom is -0.453 e. The van der Waals surface area contributed by atoms with Crippen molar-refractivity contribution in [3.05, 3.63) is 72.1 Å². The Kier molecular flexibility index (Phi) is 13.1. The van der Waals surface area contributed by atoms with E-state index in [-0.39, 0.29) is 36.2 Å². The van der Waals surface area contributed by atoms with Gasteiger partial charge in [0.25, 0.3) is 0 Å². The van der Waals surface area contributed by atoms with E-state index in [4.69, 9.17) is 19.4 Å². The number of rotatable bonds is 9. The number of nitrogens with zero attached hydrogens (tertiary/aromatic N) is 4. The summed E-state index contributed by atoms with van der Waals surface area (Å²) in [6.45, 7) is 12.7. The maximum absolute atomic E-state index is 13.8. The fraction of sp³-hybridized carbons (Fsp3) is 0.512. The molecule has 4 aromatic rings. The molecule has 4 heterocycles. The third kappa shape index (κ3) is 9.47. The number of amides is 3. The summed E-state index contributed by atoms with van der Waals surface area (Å²) < 4.78 is 10.9. The van der Waals surface area contributed by atoms with Crippen LogP contribution in [0.5, 0.6) is 0 Å². The lowest BCUT2D eigenvalue weighted by Crippen LogP contribution is -2.51. The molecule has 6 rings (SSSR count). The maximum atomic E-state index is 13.8. The van der Waals surface area contributed by atoms with Crippen LogP contribution >= 0.6 is 0 Å². The van der Waals surface area contributed by atoms with Crippen molar-refractivity contribution in [3.8, 4) is 33.6 Å². The first kappa shape index (κ1) is 39.7. The van der Waals surface area contributed by atoms with E-state index in [1.807, 2.05) is 31.9 Å². The van der Waals surface area contributed by atoms with Gasteiger partial charge >= 0.3 is 6.09 Å². The van der Waals surface area contributed by atoms with Crippen molar-refractivity contribution in [3.63, 3.8) is 0 Å². The lowest BCUT2D eigenvalue weighted by atomic mass is 9.96. The molecular weight excluding hydrogens is 695 g/mol. The van der Waals surface area contributed by atoms with E-state index in [0.29, 0.717) is 31.5 Å². The number of benzene rings is 2. The Morgan fingerprint density at radius 3 is 2.16 bits per heavy atom. The lowest BCUT2D eigenvalue weighted by molar-refractivity contribution is -0.137. The molecule has 0 spiro atoms. The third-order valence-corrected chi connectivity index (χ3v) is 11.1. The minimum atomic E-state index is -0.711. The molecule has 0 saturated carbocycles. The van der Waals surface area contributed by atoms with Gasteiger partial charge in [0.1, 0.15) is 17.7 Å². The van der Waals surface area contributed by atoms with E-state index in [1.165, 1.54) is 7.11 Å². The molecule has 12 heteroatoms. The van der Waals surface area contributed by atoms with Gasteiger partial charge in [0.2, 0.25) is 11.8 Å². The number of carbonyl (C=O) groups is 3. The smallest absolute Gasteiger partial charge is 0.407 e. The summed E-state index contributed by atoms with van der Waals surface area (Å²) in [7, 11) is 1.30. The quantitative estimate of drug-likeness (QED) is 0.158. The molecule has 2 bridgehead atoms. The van der Waals surface area contributed by atoms with Gasteiger partial charge in [-0.1, -0.05) is 96.0 Å². The molecule has 0 radical (unpaired) electrons. The highest BCUT2D eigenvalue weighted by Gasteiger charge is 2.35. The number of likely N-dealkylation sites (tertiary alicyclic amines) is 1. The van der Waals surface area contributed by atoms with Crippen LogP contribution in [0.3, 0.4) is 0 Å². The van der Waals surface area contributed by atoms with Crippen molar-refractivity contribution in [2.45, 2.75) is 98.4 Å². The molecule has 0 aliphatic carbocycles. The monoisotopic (exact) mass is 751 g/mol. The van der Waals surface area contributed by atoms with Gasteiger partial charge in [-0.25, -0.2) is 14.8 Å². The lowest BCUT2D eigenvalue weighted by Gasteiger charge is -2.29. The summed E-state index contributed by atoms with van der Waals surface area (Å²) >= 11 is 0. The summed E-state index contributed by atoms with van der Waals surface area (Å²) in [5.41, 5.74) is 6.64. The van der Waals surface area contributed by atoms with E-state index in [2.05, 4.69) is 77.7 Å². The molecule has 3 N–H and O–H groups in total. The van der Waals surface area contributed by atoms with Crippen LogP contribution in [0, 0.1) is 17.8 Å². The molecule has 3 atom stereocenters. The highest BCUT2D eigenvalue weighted by molar-refractivity contribution is 5.86. The van der Waals surface area contributed by atoms with Crippen LogP contribution in [0.15, 0.2) is 54.7 Å². The molecule has 2 aliphatic rings. The normalized spacial score (nSPS) is 18.0. The zero-order chi connectivity index (χ0) is 39.1. The third-order valence-electron chi connectivity index (χ3n) is 11.1. The van der Waals surface area contributed by atoms with E-state index in [9.17, 15) is 14.4 Å². The number of fused-ring (bicyclic) bond motifs is 2. The zero-order valence-electron chi connectivity index (χ0n) is 33.2. The molecule has 2 aromatic heterocycles. The number of carbonyl (C=O) groups excluding carboxylic acids is 3. The molecule has 0 unspecified atom stereocenters. The van der Waals surface area contributed by atoms with Gasteiger partial charge in [-0.15, -0.1) is 0 Å². The minimum absolute atomic E-state index is 0.0157.